The number of carbonyl (C=O) groups is 3. The SMILES string of the molecule is CCOC(=O)c1c(NC(=O)CCc2ccc(OC)c(OC)c2)sc(C(=O)OC(C)C)c1C. The number of nitrogens with one attached hydrogen (secondary N) is 1. The van der Waals surface area contributed by atoms with E-state index in [0.717, 1.165) is 16.9 Å². The zero-order valence-electron chi connectivity index (χ0n) is 19.2. The van der Waals surface area contributed by atoms with Crippen molar-refractivity contribution in [3.63, 3.8) is 0 Å². The van der Waals surface area contributed by atoms with Gasteiger partial charge in [-0.05, 0) is 57.4 Å². The maximum Gasteiger partial charge on any atom is 0.348 e. The van der Waals surface area contributed by atoms with E-state index in [-0.39, 0.29) is 40.5 Å². The first-order valence-electron chi connectivity index (χ1n) is 10.2. The summed E-state index contributed by atoms with van der Waals surface area (Å²) in [6, 6.07) is 5.44. The second kappa shape index (κ2) is 11.5. The average molecular weight is 464 g/mol. The number of aryl methyl sites for hydroxylation is 1. The van der Waals surface area contributed by atoms with Crippen molar-refractivity contribution in [2.45, 2.75) is 46.6 Å². The van der Waals surface area contributed by atoms with Crippen LogP contribution in [0.5, 0.6) is 11.5 Å². The molecule has 2 rings (SSSR count). The third kappa shape index (κ3) is 6.23. The van der Waals surface area contributed by atoms with Crippen molar-refractivity contribution < 1.29 is 33.3 Å². The molecule has 0 aliphatic heterocycles. The van der Waals surface area contributed by atoms with Crippen LogP contribution >= 0.6 is 11.3 Å². The van der Waals surface area contributed by atoms with Gasteiger partial charge in [-0.25, -0.2) is 9.59 Å². The van der Waals surface area contributed by atoms with Gasteiger partial charge in [0.2, 0.25) is 5.91 Å². The van der Waals surface area contributed by atoms with Gasteiger partial charge in [0.1, 0.15) is 9.88 Å². The Kier molecular flexibility index (Phi) is 9.07. The number of rotatable bonds is 10. The number of methoxy groups -OCH3 is 2. The summed E-state index contributed by atoms with van der Waals surface area (Å²) < 4.78 is 20.9. The second-order valence-corrected chi connectivity index (χ2v) is 8.19. The van der Waals surface area contributed by atoms with Gasteiger partial charge >= 0.3 is 11.9 Å². The number of hydrogen-bond donors (Lipinski definition) is 1. The van der Waals surface area contributed by atoms with Crippen LogP contribution in [0.4, 0.5) is 5.00 Å². The molecular formula is C23H29NO7S. The summed E-state index contributed by atoms with van der Waals surface area (Å²) in [5.41, 5.74) is 1.49. The Morgan fingerprint density at radius 2 is 1.75 bits per heavy atom. The van der Waals surface area contributed by atoms with Crippen molar-refractivity contribution >= 4 is 34.2 Å². The highest BCUT2D eigenvalue weighted by atomic mass is 32.1. The van der Waals surface area contributed by atoms with Gasteiger partial charge in [0.25, 0.3) is 0 Å². The Hall–Kier alpha value is -3.07. The topological polar surface area (TPSA) is 100 Å². The summed E-state index contributed by atoms with van der Waals surface area (Å²) in [7, 11) is 3.10. The Balaban J connectivity index is 2.20. The van der Waals surface area contributed by atoms with Crippen molar-refractivity contribution in [1.82, 2.24) is 0 Å². The van der Waals surface area contributed by atoms with Gasteiger partial charge in [0, 0.05) is 6.42 Å². The molecule has 1 heterocycles. The van der Waals surface area contributed by atoms with E-state index in [1.807, 2.05) is 12.1 Å². The first kappa shape index (κ1) is 25.2. The third-order valence-corrected chi connectivity index (χ3v) is 5.68. The van der Waals surface area contributed by atoms with Crippen LogP contribution in [0.2, 0.25) is 0 Å². The molecule has 0 atom stereocenters. The molecule has 2 aromatic rings. The molecule has 1 amide bonds. The fraction of sp³-hybridized carbons (Fsp3) is 0.435. The number of hydrogen-bond acceptors (Lipinski definition) is 8. The van der Waals surface area contributed by atoms with Crippen molar-refractivity contribution in [3.8, 4) is 11.5 Å². The van der Waals surface area contributed by atoms with Crippen LogP contribution in [0.25, 0.3) is 0 Å². The molecule has 174 valence electrons. The van der Waals surface area contributed by atoms with Crippen LogP contribution in [0.15, 0.2) is 18.2 Å². The standard InChI is InChI=1S/C23H29NO7S/c1-7-30-22(26)19-14(4)20(23(27)31-13(2)3)32-21(19)24-18(25)11-9-15-8-10-16(28-5)17(12-15)29-6/h8,10,12-13H,7,9,11H2,1-6H3,(H,24,25). The number of ether oxygens (including phenoxy) is 4. The zero-order chi connectivity index (χ0) is 23.8. The van der Waals surface area contributed by atoms with E-state index < -0.39 is 11.9 Å². The van der Waals surface area contributed by atoms with Gasteiger partial charge in [0.05, 0.1) is 32.5 Å². The highest BCUT2D eigenvalue weighted by molar-refractivity contribution is 7.18. The molecular weight excluding hydrogens is 434 g/mol. The van der Waals surface area contributed by atoms with Crippen molar-refractivity contribution in [2.75, 3.05) is 26.1 Å². The Labute approximate surface area is 191 Å². The predicted molar refractivity (Wildman–Crippen MR) is 122 cm³/mol. The summed E-state index contributed by atoms with van der Waals surface area (Å²) in [4.78, 5) is 37.8. The van der Waals surface area contributed by atoms with Gasteiger partial charge in [-0.1, -0.05) is 6.07 Å². The minimum absolute atomic E-state index is 0.167. The largest absolute Gasteiger partial charge is 0.493 e. The quantitative estimate of drug-likeness (QED) is 0.522. The van der Waals surface area contributed by atoms with E-state index in [1.54, 1.807) is 48.0 Å². The lowest BCUT2D eigenvalue weighted by molar-refractivity contribution is -0.116. The molecule has 1 aromatic carbocycles. The Morgan fingerprint density at radius 3 is 2.34 bits per heavy atom. The maximum atomic E-state index is 12.6. The van der Waals surface area contributed by atoms with Crippen LogP contribution in [0.3, 0.4) is 0 Å². The number of esters is 2. The number of anilines is 1. The lowest BCUT2D eigenvalue weighted by Crippen LogP contribution is -2.15. The molecule has 0 unspecified atom stereocenters. The lowest BCUT2D eigenvalue weighted by atomic mass is 10.1. The van der Waals surface area contributed by atoms with E-state index in [9.17, 15) is 14.4 Å². The monoisotopic (exact) mass is 463 g/mol. The fourth-order valence-corrected chi connectivity index (χ4v) is 4.09. The summed E-state index contributed by atoms with van der Waals surface area (Å²) in [6.07, 6.45) is 0.308. The second-order valence-electron chi connectivity index (χ2n) is 7.17. The van der Waals surface area contributed by atoms with Crippen LogP contribution in [0.1, 0.15) is 58.3 Å². The Morgan fingerprint density at radius 1 is 1.06 bits per heavy atom. The molecule has 32 heavy (non-hydrogen) atoms. The molecule has 8 nitrogen and oxygen atoms in total. The first-order valence-corrected chi connectivity index (χ1v) is 11.1. The molecule has 0 aliphatic carbocycles. The average Bonchev–Trinajstić information content (AvgIpc) is 3.07. The predicted octanol–water partition coefficient (Wildman–Crippen LogP) is 4.39. The van der Waals surface area contributed by atoms with E-state index >= 15 is 0 Å². The molecule has 1 aromatic heterocycles. The summed E-state index contributed by atoms with van der Waals surface area (Å²) in [5, 5.41) is 3.03. The van der Waals surface area contributed by atoms with Crippen LogP contribution in [-0.4, -0.2) is 44.8 Å². The zero-order valence-corrected chi connectivity index (χ0v) is 20.0. The molecule has 0 radical (unpaired) electrons. The van der Waals surface area contributed by atoms with Gasteiger partial charge in [0.15, 0.2) is 11.5 Å². The normalized spacial score (nSPS) is 10.6. The summed E-state index contributed by atoms with van der Waals surface area (Å²) >= 11 is 1.01. The maximum absolute atomic E-state index is 12.6. The van der Waals surface area contributed by atoms with Gasteiger partial charge in [-0.2, -0.15) is 0 Å². The van der Waals surface area contributed by atoms with Crippen molar-refractivity contribution in [3.05, 3.63) is 39.8 Å². The van der Waals surface area contributed by atoms with Crippen LogP contribution in [-0.2, 0) is 20.7 Å². The fourth-order valence-electron chi connectivity index (χ4n) is 3.00. The van der Waals surface area contributed by atoms with Gasteiger partial charge in [-0.15, -0.1) is 11.3 Å². The smallest absolute Gasteiger partial charge is 0.348 e. The molecule has 0 aliphatic rings. The number of benzene rings is 1. The molecule has 1 N–H and O–H groups in total. The van der Waals surface area contributed by atoms with E-state index in [2.05, 4.69) is 5.32 Å². The highest BCUT2D eigenvalue weighted by Crippen LogP contribution is 2.35. The van der Waals surface area contributed by atoms with Crippen LogP contribution < -0.4 is 14.8 Å². The summed E-state index contributed by atoms with van der Waals surface area (Å²) in [5.74, 6) is -0.249. The van der Waals surface area contributed by atoms with Gasteiger partial charge < -0.3 is 24.3 Å². The van der Waals surface area contributed by atoms with E-state index in [4.69, 9.17) is 18.9 Å². The molecule has 0 bridgehead atoms. The van der Waals surface area contributed by atoms with Gasteiger partial charge in [-0.3, -0.25) is 4.79 Å². The Bertz CT molecular complexity index is 981. The number of amides is 1. The molecule has 9 heteroatoms. The molecule has 0 saturated carbocycles. The van der Waals surface area contributed by atoms with Crippen LogP contribution in [0, 0.1) is 6.92 Å². The van der Waals surface area contributed by atoms with Crippen molar-refractivity contribution in [1.29, 1.82) is 0 Å². The number of carbonyl (C=O) groups excluding carboxylic acids is 3. The first-order chi connectivity index (χ1) is 15.2. The highest BCUT2D eigenvalue weighted by Gasteiger charge is 2.27. The van der Waals surface area contributed by atoms with E-state index in [1.165, 1.54) is 0 Å². The molecule has 0 spiro atoms. The molecule has 0 saturated heterocycles. The minimum atomic E-state index is -0.597. The molecule has 0 fully saturated rings. The van der Waals surface area contributed by atoms with Crippen molar-refractivity contribution in [2.24, 2.45) is 0 Å². The lowest BCUT2D eigenvalue weighted by Gasteiger charge is -2.10. The van der Waals surface area contributed by atoms with E-state index in [0.29, 0.717) is 23.5 Å². The number of thiophene rings is 1. The third-order valence-electron chi connectivity index (χ3n) is 4.50. The summed E-state index contributed by atoms with van der Waals surface area (Å²) in [6.45, 7) is 6.98. The minimum Gasteiger partial charge on any atom is -0.493 e.